The average Bonchev–Trinajstić information content (AvgIpc) is 3.10. The van der Waals surface area contributed by atoms with Gasteiger partial charge in [-0.2, -0.15) is 0 Å². The van der Waals surface area contributed by atoms with Crippen LogP contribution in [0.15, 0.2) is 58.0 Å². The van der Waals surface area contributed by atoms with Gasteiger partial charge in [0, 0.05) is 42.2 Å². The highest BCUT2D eigenvalue weighted by atomic mass is 79.9. The van der Waals surface area contributed by atoms with Crippen LogP contribution in [0.4, 0.5) is 5.69 Å². The van der Waals surface area contributed by atoms with Gasteiger partial charge in [0.15, 0.2) is 11.0 Å². The molecule has 2 aromatic carbocycles. The third kappa shape index (κ3) is 3.63. The molecule has 1 unspecified atom stereocenters. The van der Waals surface area contributed by atoms with Crippen LogP contribution in [0.2, 0.25) is 0 Å². The summed E-state index contributed by atoms with van der Waals surface area (Å²) in [6, 6.07) is 13.8. The number of aromatic nitrogens is 1. The molecule has 2 heterocycles. The minimum atomic E-state index is -1.32. The Morgan fingerprint density at radius 1 is 1.04 bits per heavy atom. The zero-order valence-electron chi connectivity index (χ0n) is 15.4. The summed E-state index contributed by atoms with van der Waals surface area (Å²) in [7, 11) is 2.50. The highest BCUT2D eigenvalue weighted by molar-refractivity contribution is 9.10. The molecular formula is C20H22BrN3O2S. The highest BCUT2D eigenvalue weighted by Gasteiger charge is 2.20. The molecule has 1 fully saturated rings. The predicted molar refractivity (Wildman–Crippen MR) is 114 cm³/mol. The van der Waals surface area contributed by atoms with Crippen LogP contribution in [0.3, 0.4) is 0 Å². The summed E-state index contributed by atoms with van der Waals surface area (Å²) >= 11 is 3.49. The van der Waals surface area contributed by atoms with Crippen molar-refractivity contribution < 1.29 is 8.95 Å². The van der Waals surface area contributed by atoms with Gasteiger partial charge in [-0.3, -0.25) is 3.97 Å². The van der Waals surface area contributed by atoms with Gasteiger partial charge in [0.25, 0.3) is 0 Å². The number of piperazine rings is 1. The van der Waals surface area contributed by atoms with Crippen molar-refractivity contribution in [3.63, 3.8) is 0 Å². The maximum atomic E-state index is 13.3. The second-order valence-electron chi connectivity index (χ2n) is 6.72. The molecule has 1 saturated heterocycles. The van der Waals surface area contributed by atoms with Crippen molar-refractivity contribution >= 4 is 43.5 Å². The molecule has 5 nitrogen and oxygen atoms in total. The molecule has 7 heteroatoms. The fourth-order valence-electron chi connectivity index (χ4n) is 3.42. The second kappa shape index (κ2) is 7.66. The van der Waals surface area contributed by atoms with Crippen LogP contribution < -0.4 is 9.64 Å². The Morgan fingerprint density at radius 3 is 2.56 bits per heavy atom. The number of ether oxygens (including phenoxy) is 1. The minimum Gasteiger partial charge on any atom is -0.495 e. The van der Waals surface area contributed by atoms with Gasteiger partial charge in [-0.15, -0.1) is 0 Å². The summed E-state index contributed by atoms with van der Waals surface area (Å²) in [4.78, 5) is 5.39. The zero-order chi connectivity index (χ0) is 19.0. The Balaban J connectivity index is 1.70. The van der Waals surface area contributed by atoms with Crippen molar-refractivity contribution in [3.8, 4) is 5.75 Å². The number of anilines is 1. The lowest BCUT2D eigenvalue weighted by Crippen LogP contribution is -2.44. The number of fused-ring (bicyclic) bond motifs is 1. The summed E-state index contributed by atoms with van der Waals surface area (Å²) in [6.07, 6.45) is 1.88. The summed E-state index contributed by atoms with van der Waals surface area (Å²) in [6.45, 7) is 3.88. The fraction of sp³-hybridized carbons (Fsp3) is 0.300. The summed E-state index contributed by atoms with van der Waals surface area (Å²) in [5.41, 5.74) is 1.96. The van der Waals surface area contributed by atoms with Crippen LogP contribution in [0.25, 0.3) is 10.9 Å². The highest BCUT2D eigenvalue weighted by Crippen LogP contribution is 2.32. The average molecular weight is 448 g/mol. The van der Waals surface area contributed by atoms with Crippen LogP contribution in [0.1, 0.15) is 0 Å². The van der Waals surface area contributed by atoms with E-state index in [0.717, 1.165) is 57.9 Å². The first-order chi connectivity index (χ1) is 13.1. The van der Waals surface area contributed by atoms with Gasteiger partial charge in [-0.25, -0.2) is 4.21 Å². The van der Waals surface area contributed by atoms with Gasteiger partial charge >= 0.3 is 0 Å². The van der Waals surface area contributed by atoms with E-state index in [2.05, 4.69) is 32.8 Å². The summed E-state index contributed by atoms with van der Waals surface area (Å²) < 4.78 is 21.7. The van der Waals surface area contributed by atoms with Gasteiger partial charge in [0.05, 0.1) is 23.2 Å². The number of hydrogen-bond acceptors (Lipinski definition) is 4. The molecule has 1 aromatic heterocycles. The number of rotatable bonds is 4. The van der Waals surface area contributed by atoms with Crippen LogP contribution in [0, 0.1) is 0 Å². The van der Waals surface area contributed by atoms with E-state index in [1.165, 1.54) is 0 Å². The third-order valence-corrected chi connectivity index (χ3v) is 6.82. The van der Waals surface area contributed by atoms with Crippen molar-refractivity contribution in [2.75, 3.05) is 45.2 Å². The lowest BCUT2D eigenvalue weighted by molar-refractivity contribution is 0.311. The van der Waals surface area contributed by atoms with Crippen molar-refractivity contribution in [2.24, 2.45) is 0 Å². The molecule has 0 bridgehead atoms. The zero-order valence-corrected chi connectivity index (χ0v) is 17.8. The first-order valence-electron chi connectivity index (χ1n) is 8.87. The van der Waals surface area contributed by atoms with E-state index in [4.69, 9.17) is 4.74 Å². The van der Waals surface area contributed by atoms with E-state index in [9.17, 15) is 4.21 Å². The van der Waals surface area contributed by atoms with Gasteiger partial charge in [-0.05, 0) is 49.5 Å². The summed E-state index contributed by atoms with van der Waals surface area (Å²) in [5, 5.41) is 1.06. The Hall–Kier alpha value is -1.83. The molecule has 0 aliphatic carbocycles. The smallest absolute Gasteiger partial charge is 0.157 e. The SMILES string of the molecule is COc1ccc(S(=O)n2ccc3cc(Br)ccc32)cc1N1CCN(C)CC1. The van der Waals surface area contributed by atoms with Crippen LogP contribution >= 0.6 is 15.9 Å². The van der Waals surface area contributed by atoms with Crippen LogP contribution in [-0.2, 0) is 11.0 Å². The number of likely N-dealkylation sites (N-methyl/N-ethyl adjacent to an activating group) is 1. The fourth-order valence-corrected chi connectivity index (χ4v) is 4.94. The number of halogens is 1. The number of benzene rings is 2. The molecule has 1 atom stereocenters. The lowest BCUT2D eigenvalue weighted by Gasteiger charge is -2.34. The van der Waals surface area contributed by atoms with Gasteiger partial charge < -0.3 is 14.5 Å². The number of hydrogen-bond donors (Lipinski definition) is 0. The van der Waals surface area contributed by atoms with E-state index in [-0.39, 0.29) is 0 Å². The first kappa shape index (κ1) is 18.5. The molecule has 1 aliphatic rings. The molecule has 0 radical (unpaired) electrons. The van der Waals surface area contributed by atoms with Gasteiger partial charge in [-0.1, -0.05) is 15.9 Å². The van der Waals surface area contributed by atoms with E-state index in [1.54, 1.807) is 7.11 Å². The molecule has 0 amide bonds. The molecule has 142 valence electrons. The van der Waals surface area contributed by atoms with E-state index in [1.807, 2.05) is 52.6 Å². The largest absolute Gasteiger partial charge is 0.495 e. The normalized spacial score (nSPS) is 16.6. The second-order valence-corrected chi connectivity index (χ2v) is 9.00. The number of methoxy groups -OCH3 is 1. The lowest BCUT2D eigenvalue weighted by atomic mass is 10.2. The van der Waals surface area contributed by atoms with Gasteiger partial charge in [0.1, 0.15) is 5.75 Å². The number of nitrogens with zero attached hydrogens (tertiary/aromatic N) is 3. The van der Waals surface area contributed by atoms with Crippen molar-refractivity contribution in [2.45, 2.75) is 4.90 Å². The van der Waals surface area contributed by atoms with E-state index >= 15 is 0 Å². The van der Waals surface area contributed by atoms with E-state index in [0.29, 0.717) is 0 Å². The monoisotopic (exact) mass is 447 g/mol. The third-order valence-electron chi connectivity index (χ3n) is 4.99. The Labute approximate surface area is 170 Å². The Bertz CT molecular complexity index is 996. The molecule has 1 aliphatic heterocycles. The minimum absolute atomic E-state index is 0.769. The molecule has 0 N–H and O–H groups in total. The quantitative estimate of drug-likeness (QED) is 0.610. The van der Waals surface area contributed by atoms with Crippen molar-refractivity contribution in [1.29, 1.82) is 0 Å². The Morgan fingerprint density at radius 2 is 1.81 bits per heavy atom. The standard InChI is InChI=1S/C20H22BrN3O2S/c1-22-9-11-23(12-10-22)19-14-17(4-6-20(19)26-2)27(25)24-8-7-15-13-16(21)3-5-18(15)24/h3-8,13-14H,9-12H2,1-2H3. The molecule has 0 spiro atoms. The summed E-state index contributed by atoms with van der Waals surface area (Å²) in [5.74, 6) is 0.821. The topological polar surface area (TPSA) is 37.7 Å². The van der Waals surface area contributed by atoms with E-state index < -0.39 is 11.0 Å². The molecule has 3 aromatic rings. The maximum Gasteiger partial charge on any atom is 0.157 e. The maximum absolute atomic E-state index is 13.3. The van der Waals surface area contributed by atoms with Crippen molar-refractivity contribution in [1.82, 2.24) is 8.87 Å². The predicted octanol–water partition coefficient (Wildman–Crippen LogP) is 3.74. The first-order valence-corrected chi connectivity index (χ1v) is 10.8. The van der Waals surface area contributed by atoms with Crippen LogP contribution in [0.5, 0.6) is 5.75 Å². The van der Waals surface area contributed by atoms with Gasteiger partial charge in [0.2, 0.25) is 0 Å². The molecule has 27 heavy (non-hydrogen) atoms. The Kier molecular flexibility index (Phi) is 5.25. The molecular weight excluding hydrogens is 426 g/mol. The van der Waals surface area contributed by atoms with Crippen molar-refractivity contribution in [3.05, 3.63) is 53.1 Å². The molecule has 0 saturated carbocycles. The molecule has 4 rings (SSSR count). The van der Waals surface area contributed by atoms with Crippen LogP contribution in [-0.4, -0.2) is 53.4 Å².